The normalized spacial score (nSPS) is 25.1. The molecule has 1 fully saturated rings. The second kappa shape index (κ2) is 8.27. The smallest absolute Gasteiger partial charge is 0.241 e. The zero-order valence-corrected chi connectivity index (χ0v) is 15.5. The zero-order valence-electron chi connectivity index (χ0n) is 14.7. The van der Waals surface area contributed by atoms with Crippen molar-refractivity contribution in [2.24, 2.45) is 11.8 Å². The van der Waals surface area contributed by atoms with Crippen LogP contribution >= 0.6 is 0 Å². The molecule has 4 atom stereocenters. The van der Waals surface area contributed by atoms with Gasteiger partial charge < -0.3 is 15.2 Å². The number of amides is 1. The predicted octanol–water partition coefficient (Wildman–Crippen LogP) is 0.849. The van der Waals surface area contributed by atoms with Crippen molar-refractivity contribution in [3.63, 3.8) is 0 Å². The fourth-order valence-corrected chi connectivity index (χ4v) is 3.98. The lowest BCUT2D eigenvalue weighted by Gasteiger charge is -2.24. The van der Waals surface area contributed by atoms with Gasteiger partial charge in [0.05, 0.1) is 17.5 Å². The summed E-state index contributed by atoms with van der Waals surface area (Å²) in [5.74, 6) is -0.407. The summed E-state index contributed by atoms with van der Waals surface area (Å²) in [7, 11) is -3.82. The van der Waals surface area contributed by atoms with Gasteiger partial charge in [-0.3, -0.25) is 4.79 Å². The van der Waals surface area contributed by atoms with E-state index in [0.29, 0.717) is 13.0 Å². The molecular weight excluding hydrogens is 344 g/mol. The molecule has 0 aromatic heterocycles. The van der Waals surface area contributed by atoms with Gasteiger partial charge in [-0.1, -0.05) is 39.0 Å². The lowest BCUT2D eigenvalue weighted by Crippen LogP contribution is -2.53. The molecule has 2 unspecified atom stereocenters. The predicted molar refractivity (Wildman–Crippen MR) is 93.1 cm³/mol. The summed E-state index contributed by atoms with van der Waals surface area (Å²) in [6, 6.07) is 6.45. The Hall–Kier alpha value is -1.48. The maximum atomic E-state index is 12.6. The Balaban J connectivity index is 2.14. The molecule has 3 N–H and O–H groups in total. The van der Waals surface area contributed by atoms with Gasteiger partial charge in [-0.2, -0.15) is 4.72 Å². The third-order valence-corrected chi connectivity index (χ3v) is 5.62. The second-order valence-corrected chi connectivity index (χ2v) is 8.57. The molecule has 2 rings (SSSR count). The molecule has 0 spiro atoms. The Kier molecular flexibility index (Phi) is 6.56. The fourth-order valence-electron chi connectivity index (χ4n) is 2.75. The minimum atomic E-state index is -3.82. The van der Waals surface area contributed by atoms with Crippen LogP contribution in [0.5, 0.6) is 0 Å². The SMILES string of the molecule is CC(C)C[C@H](NS(=O)(=O)c1ccccc1)C(=O)N[C@H]1C(C)COC1O. The van der Waals surface area contributed by atoms with Crippen molar-refractivity contribution in [2.45, 2.75) is 50.5 Å². The van der Waals surface area contributed by atoms with E-state index in [2.05, 4.69) is 10.0 Å². The number of rotatable bonds is 7. The monoisotopic (exact) mass is 370 g/mol. The quantitative estimate of drug-likeness (QED) is 0.660. The molecule has 1 aliphatic heterocycles. The number of aliphatic hydroxyl groups excluding tert-OH is 1. The first kappa shape index (κ1) is 19.8. The standard InChI is InChI=1S/C17H26N2O5S/c1-11(2)9-14(16(20)18-15-12(3)10-24-17(15)21)19-25(22,23)13-7-5-4-6-8-13/h4-8,11-12,14-15,17,19,21H,9-10H2,1-3H3,(H,18,20)/t12?,14-,15-,17?/m0/s1. The second-order valence-electron chi connectivity index (χ2n) is 6.85. The molecule has 0 aliphatic carbocycles. The zero-order chi connectivity index (χ0) is 18.6. The molecule has 1 saturated heterocycles. The molecule has 0 radical (unpaired) electrons. The van der Waals surface area contributed by atoms with Crippen LogP contribution in [-0.2, 0) is 19.6 Å². The van der Waals surface area contributed by atoms with Gasteiger partial charge in [-0.25, -0.2) is 8.42 Å². The maximum absolute atomic E-state index is 12.6. The number of hydrogen-bond donors (Lipinski definition) is 3. The van der Waals surface area contributed by atoms with Crippen molar-refractivity contribution < 1.29 is 23.1 Å². The van der Waals surface area contributed by atoms with Crippen molar-refractivity contribution in [3.8, 4) is 0 Å². The minimum Gasteiger partial charge on any atom is -0.366 e. The number of nitrogens with one attached hydrogen (secondary N) is 2. The third-order valence-electron chi connectivity index (χ3n) is 4.13. The molecule has 25 heavy (non-hydrogen) atoms. The highest BCUT2D eigenvalue weighted by Crippen LogP contribution is 2.19. The van der Waals surface area contributed by atoms with Crippen molar-refractivity contribution >= 4 is 15.9 Å². The van der Waals surface area contributed by atoms with Crippen molar-refractivity contribution in [3.05, 3.63) is 30.3 Å². The Morgan fingerprint density at radius 3 is 2.48 bits per heavy atom. The van der Waals surface area contributed by atoms with E-state index >= 15 is 0 Å². The highest BCUT2D eigenvalue weighted by atomic mass is 32.2. The van der Waals surface area contributed by atoms with Crippen LogP contribution < -0.4 is 10.0 Å². The van der Waals surface area contributed by atoms with Crippen LogP contribution in [0.25, 0.3) is 0 Å². The lowest BCUT2D eigenvalue weighted by molar-refractivity contribution is -0.127. The number of carbonyl (C=O) groups is 1. The molecule has 140 valence electrons. The van der Waals surface area contributed by atoms with Gasteiger partial charge in [0.1, 0.15) is 6.04 Å². The fraction of sp³-hybridized carbons (Fsp3) is 0.588. The van der Waals surface area contributed by atoms with Gasteiger partial charge in [-0.05, 0) is 24.5 Å². The first-order valence-electron chi connectivity index (χ1n) is 8.38. The lowest BCUT2D eigenvalue weighted by atomic mass is 10.0. The van der Waals surface area contributed by atoms with Crippen molar-refractivity contribution in [1.29, 1.82) is 0 Å². The molecule has 1 aliphatic rings. The highest BCUT2D eigenvalue weighted by Gasteiger charge is 2.36. The molecule has 1 aromatic rings. The van der Waals surface area contributed by atoms with Gasteiger partial charge in [0.25, 0.3) is 0 Å². The van der Waals surface area contributed by atoms with Crippen LogP contribution in [0.15, 0.2) is 35.2 Å². The van der Waals surface area contributed by atoms with E-state index in [0.717, 1.165) is 0 Å². The van der Waals surface area contributed by atoms with E-state index < -0.39 is 34.3 Å². The number of carbonyl (C=O) groups excluding carboxylic acids is 1. The first-order valence-corrected chi connectivity index (χ1v) is 9.86. The molecule has 1 heterocycles. The van der Waals surface area contributed by atoms with E-state index in [9.17, 15) is 18.3 Å². The molecule has 7 nitrogen and oxygen atoms in total. The number of hydrogen-bond acceptors (Lipinski definition) is 5. The van der Waals surface area contributed by atoms with Gasteiger partial charge in [-0.15, -0.1) is 0 Å². The summed E-state index contributed by atoms with van der Waals surface area (Å²) < 4.78 is 32.7. The van der Waals surface area contributed by atoms with Crippen molar-refractivity contribution in [2.75, 3.05) is 6.61 Å². The highest BCUT2D eigenvalue weighted by molar-refractivity contribution is 7.89. The van der Waals surface area contributed by atoms with Crippen LogP contribution in [0.4, 0.5) is 0 Å². The largest absolute Gasteiger partial charge is 0.366 e. The number of ether oxygens (including phenoxy) is 1. The van der Waals surface area contributed by atoms with E-state index in [4.69, 9.17) is 4.74 Å². The molecule has 0 saturated carbocycles. The third kappa shape index (κ3) is 5.24. The van der Waals surface area contributed by atoms with Crippen LogP contribution in [0.3, 0.4) is 0 Å². The van der Waals surface area contributed by atoms with Crippen LogP contribution in [-0.4, -0.2) is 44.4 Å². The Bertz CT molecular complexity index is 668. The molecule has 0 bridgehead atoms. The van der Waals surface area contributed by atoms with E-state index in [-0.39, 0.29) is 16.7 Å². The summed E-state index contributed by atoms with van der Waals surface area (Å²) in [5.41, 5.74) is 0. The Morgan fingerprint density at radius 1 is 1.32 bits per heavy atom. The van der Waals surface area contributed by atoms with Gasteiger partial charge in [0, 0.05) is 5.92 Å². The van der Waals surface area contributed by atoms with Crippen molar-refractivity contribution in [1.82, 2.24) is 10.0 Å². The number of sulfonamides is 1. The molecular formula is C17H26N2O5S. The number of benzene rings is 1. The average molecular weight is 370 g/mol. The van der Waals surface area contributed by atoms with Gasteiger partial charge >= 0.3 is 0 Å². The van der Waals surface area contributed by atoms with Crippen LogP contribution in [0, 0.1) is 11.8 Å². The Labute approximate surface area is 148 Å². The van der Waals surface area contributed by atoms with Crippen LogP contribution in [0.2, 0.25) is 0 Å². The molecule has 1 amide bonds. The summed E-state index contributed by atoms with van der Waals surface area (Å²) in [5, 5.41) is 12.5. The van der Waals surface area contributed by atoms with E-state index in [1.165, 1.54) is 12.1 Å². The van der Waals surface area contributed by atoms with Gasteiger partial charge in [0.2, 0.25) is 15.9 Å². The summed E-state index contributed by atoms with van der Waals surface area (Å²) in [4.78, 5) is 12.7. The van der Waals surface area contributed by atoms with Gasteiger partial charge in [0.15, 0.2) is 6.29 Å². The van der Waals surface area contributed by atoms with E-state index in [1.807, 2.05) is 20.8 Å². The summed E-state index contributed by atoms with van der Waals surface area (Å²) >= 11 is 0. The van der Waals surface area contributed by atoms with Crippen LogP contribution in [0.1, 0.15) is 27.2 Å². The average Bonchev–Trinajstić information content (AvgIpc) is 2.86. The topological polar surface area (TPSA) is 105 Å². The maximum Gasteiger partial charge on any atom is 0.241 e. The summed E-state index contributed by atoms with van der Waals surface area (Å²) in [6.07, 6.45) is -0.736. The minimum absolute atomic E-state index is 0.0515. The summed E-state index contributed by atoms with van der Waals surface area (Å²) in [6.45, 7) is 6.02. The Morgan fingerprint density at radius 2 is 1.96 bits per heavy atom. The molecule has 8 heteroatoms. The molecule has 1 aromatic carbocycles. The number of aliphatic hydroxyl groups is 1. The van der Waals surface area contributed by atoms with E-state index in [1.54, 1.807) is 18.2 Å². The first-order chi connectivity index (χ1) is 11.7.